The summed E-state index contributed by atoms with van der Waals surface area (Å²) >= 11 is 0. The second-order valence-electron chi connectivity index (χ2n) is 8.47. The molecule has 3 heterocycles. The summed E-state index contributed by atoms with van der Waals surface area (Å²) in [6.45, 7) is 6.52. The number of fused-ring (bicyclic) bond motifs is 2. The lowest BCUT2D eigenvalue weighted by Crippen LogP contribution is -2.38. The average molecular weight is 434 g/mol. The lowest BCUT2D eigenvalue weighted by molar-refractivity contribution is 0.0353. The molecule has 166 valence electrons. The topological polar surface area (TPSA) is 83.2 Å². The monoisotopic (exact) mass is 434 g/mol. The summed E-state index contributed by atoms with van der Waals surface area (Å²) in [6, 6.07) is 11.6. The Bertz CT molecular complexity index is 1210. The van der Waals surface area contributed by atoms with E-state index in [0.29, 0.717) is 23.1 Å². The lowest BCUT2D eigenvalue weighted by Gasteiger charge is -2.29. The van der Waals surface area contributed by atoms with Crippen molar-refractivity contribution in [2.24, 2.45) is 0 Å². The molecule has 0 aliphatic carbocycles. The summed E-state index contributed by atoms with van der Waals surface area (Å²) < 4.78 is 11.4. The van der Waals surface area contributed by atoms with Gasteiger partial charge in [-0.2, -0.15) is 0 Å². The van der Waals surface area contributed by atoms with Crippen molar-refractivity contribution in [1.29, 1.82) is 0 Å². The summed E-state index contributed by atoms with van der Waals surface area (Å²) in [5.41, 5.74) is 2.36. The van der Waals surface area contributed by atoms with Crippen LogP contribution in [-0.2, 0) is 4.74 Å². The van der Waals surface area contributed by atoms with Crippen LogP contribution in [0.15, 0.2) is 51.7 Å². The number of rotatable bonds is 5. The maximum Gasteiger partial charge on any atom is 0.290 e. The maximum absolute atomic E-state index is 13.5. The third-order valence-electron chi connectivity index (χ3n) is 6.31. The molecular weight excluding hydrogens is 408 g/mol. The highest BCUT2D eigenvalue weighted by Crippen LogP contribution is 2.38. The Morgan fingerprint density at radius 2 is 1.78 bits per heavy atom. The van der Waals surface area contributed by atoms with E-state index in [-0.39, 0.29) is 22.8 Å². The van der Waals surface area contributed by atoms with Crippen LogP contribution in [-0.4, -0.2) is 60.2 Å². The number of amides is 1. The minimum absolute atomic E-state index is 0.121. The molecule has 7 nitrogen and oxygen atoms in total. The van der Waals surface area contributed by atoms with Crippen molar-refractivity contribution in [2.75, 3.05) is 39.4 Å². The van der Waals surface area contributed by atoms with Crippen LogP contribution in [0.3, 0.4) is 0 Å². The Morgan fingerprint density at radius 1 is 1.03 bits per heavy atom. The van der Waals surface area contributed by atoms with Crippen LogP contribution in [0, 0.1) is 6.92 Å². The molecule has 0 bridgehead atoms. The first kappa shape index (κ1) is 20.7. The van der Waals surface area contributed by atoms with Gasteiger partial charge in [-0.1, -0.05) is 23.8 Å². The summed E-state index contributed by atoms with van der Waals surface area (Å²) in [4.78, 5) is 31.0. The van der Waals surface area contributed by atoms with Gasteiger partial charge in [0.1, 0.15) is 11.3 Å². The van der Waals surface area contributed by atoms with Crippen LogP contribution >= 0.6 is 0 Å². The molecule has 0 radical (unpaired) electrons. The first-order chi connectivity index (χ1) is 15.5. The zero-order chi connectivity index (χ0) is 22.2. The molecule has 0 saturated carbocycles. The number of ether oxygens (including phenoxy) is 1. The lowest BCUT2D eigenvalue weighted by atomic mass is 9.98. The number of morpholine rings is 1. The fourth-order valence-electron chi connectivity index (χ4n) is 4.66. The van der Waals surface area contributed by atoms with E-state index >= 15 is 0 Å². The van der Waals surface area contributed by atoms with Crippen LogP contribution in [0.25, 0.3) is 11.0 Å². The van der Waals surface area contributed by atoms with E-state index in [1.807, 2.05) is 13.0 Å². The van der Waals surface area contributed by atoms with Crippen LogP contribution in [0.2, 0.25) is 0 Å². The second-order valence-corrected chi connectivity index (χ2v) is 8.47. The Hall–Kier alpha value is -3.16. The molecule has 1 aromatic heterocycles. The first-order valence-corrected chi connectivity index (χ1v) is 11.0. The molecular formula is C25H26N2O5. The molecule has 1 atom stereocenters. The van der Waals surface area contributed by atoms with Gasteiger partial charge in [0.25, 0.3) is 5.91 Å². The molecule has 0 spiro atoms. The molecule has 32 heavy (non-hydrogen) atoms. The summed E-state index contributed by atoms with van der Waals surface area (Å²) in [5, 5.41) is 10.2. The van der Waals surface area contributed by atoms with E-state index in [9.17, 15) is 14.7 Å². The van der Waals surface area contributed by atoms with E-state index in [2.05, 4.69) is 4.90 Å². The van der Waals surface area contributed by atoms with Crippen LogP contribution in [0.4, 0.5) is 0 Å². The van der Waals surface area contributed by atoms with Gasteiger partial charge in [-0.05, 0) is 43.2 Å². The van der Waals surface area contributed by atoms with Crippen molar-refractivity contribution in [2.45, 2.75) is 19.4 Å². The van der Waals surface area contributed by atoms with Crippen molar-refractivity contribution in [3.8, 4) is 5.75 Å². The largest absolute Gasteiger partial charge is 0.508 e. The van der Waals surface area contributed by atoms with Crippen molar-refractivity contribution in [3.63, 3.8) is 0 Å². The maximum atomic E-state index is 13.5. The van der Waals surface area contributed by atoms with Crippen LogP contribution < -0.4 is 5.43 Å². The third-order valence-corrected chi connectivity index (χ3v) is 6.31. The summed E-state index contributed by atoms with van der Waals surface area (Å²) in [7, 11) is 0. The molecule has 5 rings (SSSR count). The third kappa shape index (κ3) is 3.67. The SMILES string of the molecule is Cc1ccc2oc3c(c(=O)c2c1)C(c1ccc(O)cc1)N(CCCN1CCOCC1)C3=O. The normalized spacial score (nSPS) is 19.0. The molecule has 2 aliphatic heterocycles. The van der Waals surface area contributed by atoms with Gasteiger partial charge >= 0.3 is 0 Å². The molecule has 3 aromatic rings. The van der Waals surface area contributed by atoms with Gasteiger partial charge in [-0.25, -0.2) is 0 Å². The van der Waals surface area contributed by atoms with E-state index in [4.69, 9.17) is 9.15 Å². The highest BCUT2D eigenvalue weighted by atomic mass is 16.5. The quantitative estimate of drug-likeness (QED) is 0.665. The molecule has 1 unspecified atom stereocenters. The number of carbonyl (C=O) groups is 1. The Balaban J connectivity index is 1.53. The number of aryl methyl sites for hydroxylation is 1. The zero-order valence-corrected chi connectivity index (χ0v) is 18.0. The predicted octanol–water partition coefficient (Wildman–Crippen LogP) is 3.07. The van der Waals surface area contributed by atoms with E-state index in [0.717, 1.165) is 50.4 Å². The highest BCUT2D eigenvalue weighted by molar-refractivity contribution is 5.99. The fourth-order valence-corrected chi connectivity index (χ4v) is 4.66. The average Bonchev–Trinajstić information content (AvgIpc) is 3.08. The first-order valence-electron chi connectivity index (χ1n) is 11.0. The molecule has 7 heteroatoms. The second kappa shape index (κ2) is 8.41. The van der Waals surface area contributed by atoms with Crippen molar-refractivity contribution in [3.05, 3.63) is 75.1 Å². The van der Waals surface area contributed by atoms with Gasteiger partial charge in [-0.15, -0.1) is 0 Å². The predicted molar refractivity (Wildman–Crippen MR) is 120 cm³/mol. The Morgan fingerprint density at radius 3 is 2.53 bits per heavy atom. The van der Waals surface area contributed by atoms with Crippen molar-refractivity contribution in [1.82, 2.24) is 9.80 Å². The number of hydrogen-bond donors (Lipinski definition) is 1. The zero-order valence-electron chi connectivity index (χ0n) is 18.0. The number of benzene rings is 2. The minimum Gasteiger partial charge on any atom is -0.508 e. The minimum atomic E-state index is -0.538. The fraction of sp³-hybridized carbons (Fsp3) is 0.360. The number of phenols is 1. The Kier molecular flexibility index (Phi) is 5.45. The number of phenolic OH excluding ortho intramolecular Hbond substituents is 1. The van der Waals surface area contributed by atoms with Crippen molar-refractivity contribution < 1.29 is 19.1 Å². The standard InChI is InChI=1S/C25H26N2O5/c1-16-3-8-20-19(15-16)23(29)21-22(17-4-6-18(28)7-5-17)27(25(30)24(21)32-20)10-2-9-26-11-13-31-14-12-26/h3-8,15,22,28H,2,9-14H2,1H3. The molecule has 2 aliphatic rings. The molecule has 1 amide bonds. The molecule has 1 fully saturated rings. The summed E-state index contributed by atoms with van der Waals surface area (Å²) in [5.74, 6) is -0.00577. The van der Waals surface area contributed by atoms with Crippen molar-refractivity contribution >= 4 is 16.9 Å². The molecule has 1 N–H and O–H groups in total. The van der Waals surface area contributed by atoms with Gasteiger partial charge in [0.05, 0.1) is 30.2 Å². The van der Waals surface area contributed by atoms with Gasteiger partial charge in [-0.3, -0.25) is 14.5 Å². The van der Waals surface area contributed by atoms with Gasteiger partial charge in [0.15, 0.2) is 5.43 Å². The van der Waals surface area contributed by atoms with E-state index in [1.54, 1.807) is 41.3 Å². The highest BCUT2D eigenvalue weighted by Gasteiger charge is 2.42. The molecule has 2 aromatic carbocycles. The smallest absolute Gasteiger partial charge is 0.290 e. The van der Waals surface area contributed by atoms with Gasteiger partial charge in [0, 0.05) is 26.2 Å². The molecule has 1 saturated heterocycles. The summed E-state index contributed by atoms with van der Waals surface area (Å²) in [6.07, 6.45) is 0.779. The number of nitrogens with zero attached hydrogens (tertiary/aromatic N) is 2. The number of aromatic hydroxyl groups is 1. The Labute approximate surface area is 185 Å². The van der Waals surface area contributed by atoms with Gasteiger partial charge < -0.3 is 19.2 Å². The van der Waals surface area contributed by atoms with Crippen LogP contribution in [0.1, 0.15) is 39.7 Å². The van der Waals surface area contributed by atoms with Gasteiger partial charge in [0.2, 0.25) is 5.76 Å². The van der Waals surface area contributed by atoms with Crippen LogP contribution in [0.5, 0.6) is 5.75 Å². The van der Waals surface area contributed by atoms with E-state index < -0.39 is 6.04 Å². The van der Waals surface area contributed by atoms with E-state index in [1.165, 1.54) is 0 Å². The number of hydrogen-bond acceptors (Lipinski definition) is 6. The number of carbonyl (C=O) groups excluding carboxylic acids is 1.